The molecule has 1 amide bonds. The molecule has 0 aliphatic carbocycles. The molecule has 0 atom stereocenters. The summed E-state index contributed by atoms with van der Waals surface area (Å²) in [7, 11) is 0. The Balaban J connectivity index is 2.49. The van der Waals surface area contributed by atoms with Crippen molar-refractivity contribution < 1.29 is 9.53 Å². The highest BCUT2D eigenvalue weighted by atomic mass is 35.5. The van der Waals surface area contributed by atoms with Gasteiger partial charge in [0, 0.05) is 11.4 Å². The number of amidine groups is 1. The van der Waals surface area contributed by atoms with Crippen molar-refractivity contribution in [2.24, 2.45) is 10.8 Å². The first-order valence-electron chi connectivity index (χ1n) is 5.82. The van der Waals surface area contributed by atoms with Crippen molar-refractivity contribution >= 4 is 23.5 Å². The maximum atomic E-state index is 11.3. The van der Waals surface area contributed by atoms with E-state index < -0.39 is 11.7 Å². The van der Waals surface area contributed by atoms with Crippen molar-refractivity contribution in [1.29, 1.82) is 0 Å². The number of amides is 1. The fourth-order valence-corrected chi connectivity index (χ4v) is 1.40. The van der Waals surface area contributed by atoms with E-state index in [-0.39, 0.29) is 5.84 Å². The van der Waals surface area contributed by atoms with Gasteiger partial charge in [0.15, 0.2) is 0 Å². The molecule has 0 unspecified atom stereocenters. The van der Waals surface area contributed by atoms with Crippen LogP contribution in [-0.2, 0) is 11.2 Å². The third kappa shape index (κ3) is 6.67. The number of hydrazone groups is 1. The van der Waals surface area contributed by atoms with Crippen molar-refractivity contribution in [2.75, 3.05) is 0 Å². The van der Waals surface area contributed by atoms with E-state index in [1.807, 2.05) is 12.1 Å². The number of carbonyl (C=O) groups excluding carboxylic acids is 1. The van der Waals surface area contributed by atoms with E-state index in [1.165, 1.54) is 0 Å². The highest BCUT2D eigenvalue weighted by Gasteiger charge is 2.15. The van der Waals surface area contributed by atoms with Gasteiger partial charge in [0.05, 0.1) is 0 Å². The number of nitrogens with one attached hydrogen (secondary N) is 1. The number of ether oxygens (including phenoxy) is 1. The number of halogens is 1. The van der Waals surface area contributed by atoms with Gasteiger partial charge in [0.1, 0.15) is 11.4 Å². The van der Waals surface area contributed by atoms with E-state index in [1.54, 1.807) is 32.9 Å². The molecule has 0 spiro atoms. The van der Waals surface area contributed by atoms with Crippen LogP contribution in [0.2, 0.25) is 5.02 Å². The van der Waals surface area contributed by atoms with Crippen LogP contribution in [-0.4, -0.2) is 17.5 Å². The number of carbonyl (C=O) groups is 1. The Kier molecular flexibility index (Phi) is 5.18. The largest absolute Gasteiger partial charge is 0.443 e. The first-order chi connectivity index (χ1) is 8.76. The summed E-state index contributed by atoms with van der Waals surface area (Å²) in [6.45, 7) is 5.31. The predicted octanol–water partition coefficient (Wildman–Crippen LogP) is 2.68. The van der Waals surface area contributed by atoms with E-state index in [2.05, 4.69) is 10.5 Å². The molecule has 0 bridgehead atoms. The lowest BCUT2D eigenvalue weighted by atomic mass is 10.1. The molecule has 0 radical (unpaired) electrons. The smallest absolute Gasteiger partial charge is 0.428 e. The zero-order chi connectivity index (χ0) is 14.5. The highest BCUT2D eigenvalue weighted by Crippen LogP contribution is 2.10. The standard InChI is InChI=1S/C13H18ClN3O2/c1-13(2,3)19-12(18)17-16-11(15)8-9-4-6-10(14)7-5-9/h4-7H,8H2,1-3H3,(H2,15,16)(H,17,18). The van der Waals surface area contributed by atoms with Gasteiger partial charge >= 0.3 is 6.09 Å². The predicted molar refractivity (Wildman–Crippen MR) is 76.1 cm³/mol. The molecule has 0 saturated heterocycles. The van der Waals surface area contributed by atoms with Crippen LogP contribution in [0.1, 0.15) is 26.3 Å². The van der Waals surface area contributed by atoms with Crippen LogP contribution in [0.25, 0.3) is 0 Å². The Labute approximate surface area is 117 Å². The summed E-state index contributed by atoms with van der Waals surface area (Å²) in [5.41, 5.74) is 8.34. The Morgan fingerprint density at radius 3 is 2.47 bits per heavy atom. The van der Waals surface area contributed by atoms with Gasteiger partial charge < -0.3 is 10.5 Å². The molecule has 1 rings (SSSR count). The molecular formula is C13H18ClN3O2. The van der Waals surface area contributed by atoms with E-state index in [4.69, 9.17) is 22.1 Å². The monoisotopic (exact) mass is 283 g/mol. The van der Waals surface area contributed by atoms with Gasteiger partial charge in [0.2, 0.25) is 0 Å². The van der Waals surface area contributed by atoms with Gasteiger partial charge in [-0.1, -0.05) is 23.7 Å². The van der Waals surface area contributed by atoms with Crippen molar-refractivity contribution in [3.63, 3.8) is 0 Å². The number of nitrogens with zero attached hydrogens (tertiary/aromatic N) is 1. The molecule has 1 aromatic rings. The molecular weight excluding hydrogens is 266 g/mol. The van der Waals surface area contributed by atoms with Crippen LogP contribution in [0, 0.1) is 0 Å². The van der Waals surface area contributed by atoms with Gasteiger partial charge in [-0.15, -0.1) is 0 Å². The third-order valence-electron chi connectivity index (χ3n) is 1.99. The second-order valence-electron chi connectivity index (χ2n) is 5.02. The first-order valence-corrected chi connectivity index (χ1v) is 6.19. The van der Waals surface area contributed by atoms with Gasteiger partial charge in [-0.25, -0.2) is 10.2 Å². The lowest BCUT2D eigenvalue weighted by Gasteiger charge is -2.18. The minimum Gasteiger partial charge on any atom is -0.443 e. The molecule has 19 heavy (non-hydrogen) atoms. The van der Waals surface area contributed by atoms with E-state index >= 15 is 0 Å². The molecule has 1 aromatic carbocycles. The minimum absolute atomic E-state index is 0.285. The molecule has 0 saturated carbocycles. The second kappa shape index (κ2) is 6.43. The van der Waals surface area contributed by atoms with E-state index in [9.17, 15) is 4.79 Å². The summed E-state index contributed by atoms with van der Waals surface area (Å²) in [5, 5.41) is 4.42. The topological polar surface area (TPSA) is 76.7 Å². The number of hydrogen-bond donors (Lipinski definition) is 2. The molecule has 0 fully saturated rings. The van der Waals surface area contributed by atoms with Crippen molar-refractivity contribution in [3.8, 4) is 0 Å². The molecule has 104 valence electrons. The van der Waals surface area contributed by atoms with Crippen LogP contribution < -0.4 is 11.2 Å². The third-order valence-corrected chi connectivity index (χ3v) is 2.24. The van der Waals surface area contributed by atoms with Gasteiger partial charge in [0.25, 0.3) is 0 Å². The summed E-state index contributed by atoms with van der Waals surface area (Å²) >= 11 is 5.78. The molecule has 6 heteroatoms. The first kappa shape index (κ1) is 15.3. The Bertz CT molecular complexity index is 464. The maximum Gasteiger partial charge on any atom is 0.428 e. The second-order valence-corrected chi connectivity index (χ2v) is 5.46. The van der Waals surface area contributed by atoms with Crippen LogP contribution in [0.15, 0.2) is 29.4 Å². The van der Waals surface area contributed by atoms with Gasteiger partial charge in [-0.05, 0) is 38.5 Å². The molecule has 0 aliphatic rings. The van der Waals surface area contributed by atoms with Crippen molar-refractivity contribution in [3.05, 3.63) is 34.9 Å². The van der Waals surface area contributed by atoms with E-state index in [0.29, 0.717) is 11.4 Å². The molecule has 5 nitrogen and oxygen atoms in total. The normalized spacial score (nSPS) is 12.1. The van der Waals surface area contributed by atoms with Gasteiger partial charge in [-0.2, -0.15) is 5.10 Å². The summed E-state index contributed by atoms with van der Waals surface area (Å²) in [4.78, 5) is 11.3. The molecule has 0 aliphatic heterocycles. The fourth-order valence-electron chi connectivity index (χ4n) is 1.27. The fraction of sp³-hybridized carbons (Fsp3) is 0.385. The van der Waals surface area contributed by atoms with E-state index in [0.717, 1.165) is 5.56 Å². The summed E-state index contributed by atoms with van der Waals surface area (Å²) in [6.07, 6.45) is -0.209. The van der Waals surface area contributed by atoms with Crippen LogP contribution in [0.5, 0.6) is 0 Å². The summed E-state index contributed by atoms with van der Waals surface area (Å²) in [6, 6.07) is 7.23. The number of hydrogen-bond acceptors (Lipinski definition) is 3. The number of rotatable bonds is 3. The molecule has 3 N–H and O–H groups in total. The minimum atomic E-state index is -0.633. The quantitative estimate of drug-likeness (QED) is 0.509. The van der Waals surface area contributed by atoms with Gasteiger partial charge in [-0.3, -0.25) is 0 Å². The zero-order valence-corrected chi connectivity index (χ0v) is 12.0. The zero-order valence-electron chi connectivity index (χ0n) is 11.2. The van der Waals surface area contributed by atoms with Crippen molar-refractivity contribution in [1.82, 2.24) is 5.43 Å². The van der Waals surface area contributed by atoms with Crippen LogP contribution >= 0.6 is 11.6 Å². The SMILES string of the molecule is CC(C)(C)OC(=O)N/N=C(\N)Cc1ccc(Cl)cc1. The lowest BCUT2D eigenvalue weighted by molar-refractivity contribution is 0.0529. The Hall–Kier alpha value is -1.75. The average Bonchev–Trinajstić information content (AvgIpc) is 2.27. The van der Waals surface area contributed by atoms with Crippen molar-refractivity contribution in [2.45, 2.75) is 32.8 Å². The maximum absolute atomic E-state index is 11.3. The highest BCUT2D eigenvalue weighted by molar-refractivity contribution is 6.30. The van der Waals surface area contributed by atoms with Crippen LogP contribution in [0.3, 0.4) is 0 Å². The summed E-state index contributed by atoms with van der Waals surface area (Å²) in [5.74, 6) is 0.285. The average molecular weight is 284 g/mol. The van der Waals surface area contributed by atoms with Crippen LogP contribution in [0.4, 0.5) is 4.79 Å². The lowest BCUT2D eigenvalue weighted by Crippen LogP contribution is -2.31. The molecule has 0 heterocycles. The number of nitrogens with two attached hydrogens (primary N) is 1. The molecule has 0 aromatic heterocycles. The number of benzene rings is 1. The Morgan fingerprint density at radius 1 is 1.37 bits per heavy atom. The summed E-state index contributed by atoms with van der Waals surface area (Å²) < 4.78 is 5.02. The Morgan fingerprint density at radius 2 is 1.95 bits per heavy atom.